The van der Waals surface area contributed by atoms with Crippen molar-refractivity contribution in [3.8, 4) is 6.07 Å². The second kappa shape index (κ2) is 5.74. The lowest BCUT2D eigenvalue weighted by Gasteiger charge is -2.24. The molecule has 2 rings (SSSR count). The predicted octanol–water partition coefficient (Wildman–Crippen LogP) is 3.88. The Balaban J connectivity index is 2.20. The Morgan fingerprint density at radius 2 is 1.95 bits per heavy atom. The monoisotopic (exact) mass is 286 g/mol. The van der Waals surface area contributed by atoms with Crippen molar-refractivity contribution in [2.45, 2.75) is 25.1 Å². The van der Waals surface area contributed by atoms with Gasteiger partial charge in [0.25, 0.3) is 0 Å². The van der Waals surface area contributed by atoms with Gasteiger partial charge in [0.05, 0.1) is 17.2 Å². The number of alkyl halides is 3. The molecule has 102 valence electrons. The smallest absolute Gasteiger partial charge is 0.382 e. The summed E-state index contributed by atoms with van der Waals surface area (Å²) in [6.07, 6.45) is -2.59. The van der Waals surface area contributed by atoms with Crippen molar-refractivity contribution in [2.24, 2.45) is 0 Å². The van der Waals surface area contributed by atoms with Crippen LogP contribution in [0.3, 0.4) is 0 Å². The molecule has 0 spiro atoms. The number of nitrogens with zero attached hydrogens (tertiary/aromatic N) is 1. The number of nitriles is 1. The first-order valence-corrected chi connectivity index (χ1v) is 7.12. The Kier molecular flexibility index (Phi) is 4.25. The molecular weight excluding hydrogens is 273 g/mol. The van der Waals surface area contributed by atoms with Crippen molar-refractivity contribution in [1.82, 2.24) is 0 Å². The molecule has 1 aliphatic heterocycles. The third kappa shape index (κ3) is 3.57. The summed E-state index contributed by atoms with van der Waals surface area (Å²) in [5, 5.41) is 11.8. The van der Waals surface area contributed by atoms with Crippen LogP contribution in [0.2, 0.25) is 0 Å². The first-order valence-electron chi connectivity index (χ1n) is 5.96. The number of rotatable bonds is 2. The Labute approximate surface area is 114 Å². The summed E-state index contributed by atoms with van der Waals surface area (Å²) in [5.74, 6) is 2.06. The van der Waals surface area contributed by atoms with E-state index in [0.29, 0.717) is 5.69 Å². The van der Waals surface area contributed by atoms with Gasteiger partial charge in [-0.15, -0.1) is 0 Å². The molecule has 6 heteroatoms. The van der Waals surface area contributed by atoms with Crippen molar-refractivity contribution >= 4 is 17.4 Å². The van der Waals surface area contributed by atoms with Crippen molar-refractivity contribution in [1.29, 1.82) is 5.26 Å². The molecular formula is C13H13F3N2S. The van der Waals surface area contributed by atoms with E-state index in [2.05, 4.69) is 5.32 Å². The standard InChI is InChI=1S/C13H13F3N2S/c14-13(15,16)12-7-11(2-1-9(12)8-17)18-10-3-5-19-6-4-10/h1-2,7,10,18H,3-6H2. The summed E-state index contributed by atoms with van der Waals surface area (Å²) in [6, 6.07) is 5.59. The first kappa shape index (κ1) is 14.1. The van der Waals surface area contributed by atoms with E-state index in [-0.39, 0.29) is 11.6 Å². The van der Waals surface area contributed by atoms with E-state index >= 15 is 0 Å². The minimum Gasteiger partial charge on any atom is -0.382 e. The van der Waals surface area contributed by atoms with Crippen LogP contribution in [0, 0.1) is 11.3 Å². The van der Waals surface area contributed by atoms with E-state index in [4.69, 9.17) is 5.26 Å². The molecule has 1 heterocycles. The Morgan fingerprint density at radius 3 is 2.53 bits per heavy atom. The quantitative estimate of drug-likeness (QED) is 0.896. The summed E-state index contributed by atoms with van der Waals surface area (Å²) in [4.78, 5) is 0. The fourth-order valence-electron chi connectivity index (χ4n) is 2.04. The van der Waals surface area contributed by atoms with Crippen LogP contribution < -0.4 is 5.32 Å². The van der Waals surface area contributed by atoms with Gasteiger partial charge >= 0.3 is 6.18 Å². The van der Waals surface area contributed by atoms with Gasteiger partial charge in [0.2, 0.25) is 0 Å². The van der Waals surface area contributed by atoms with Gasteiger partial charge < -0.3 is 5.32 Å². The van der Waals surface area contributed by atoms with Crippen molar-refractivity contribution in [2.75, 3.05) is 16.8 Å². The molecule has 2 nitrogen and oxygen atoms in total. The highest BCUT2D eigenvalue weighted by Crippen LogP contribution is 2.34. The molecule has 0 saturated carbocycles. The van der Waals surface area contributed by atoms with Crippen LogP contribution in [-0.2, 0) is 6.18 Å². The summed E-state index contributed by atoms with van der Waals surface area (Å²) in [6.45, 7) is 0. The molecule has 1 N–H and O–H groups in total. The SMILES string of the molecule is N#Cc1ccc(NC2CCSCC2)cc1C(F)(F)F. The zero-order valence-corrected chi connectivity index (χ0v) is 10.9. The molecule has 0 atom stereocenters. The molecule has 0 amide bonds. The summed E-state index contributed by atoms with van der Waals surface area (Å²) in [7, 11) is 0. The molecule has 0 bridgehead atoms. The molecule has 0 aromatic heterocycles. The third-order valence-corrected chi connectivity index (χ3v) is 4.09. The lowest BCUT2D eigenvalue weighted by Crippen LogP contribution is -2.24. The first-order chi connectivity index (χ1) is 9.00. The van der Waals surface area contributed by atoms with E-state index in [1.54, 1.807) is 6.07 Å². The molecule has 0 radical (unpaired) electrons. The number of hydrogen-bond donors (Lipinski definition) is 1. The van der Waals surface area contributed by atoms with E-state index in [9.17, 15) is 13.2 Å². The van der Waals surface area contributed by atoms with Gasteiger partial charge in [-0.2, -0.15) is 30.2 Å². The number of nitrogens with one attached hydrogen (secondary N) is 1. The lowest BCUT2D eigenvalue weighted by molar-refractivity contribution is -0.137. The average Bonchev–Trinajstić information content (AvgIpc) is 2.39. The van der Waals surface area contributed by atoms with Crippen molar-refractivity contribution in [3.05, 3.63) is 29.3 Å². The molecule has 1 saturated heterocycles. The van der Waals surface area contributed by atoms with Gasteiger partial charge in [-0.05, 0) is 42.5 Å². The highest BCUT2D eigenvalue weighted by atomic mass is 32.2. The molecule has 0 unspecified atom stereocenters. The van der Waals surface area contributed by atoms with Crippen LogP contribution in [0.25, 0.3) is 0 Å². The van der Waals surface area contributed by atoms with Gasteiger partial charge in [0, 0.05) is 11.7 Å². The highest BCUT2D eigenvalue weighted by molar-refractivity contribution is 7.99. The highest BCUT2D eigenvalue weighted by Gasteiger charge is 2.34. The van der Waals surface area contributed by atoms with Gasteiger partial charge in [-0.1, -0.05) is 0 Å². The molecule has 19 heavy (non-hydrogen) atoms. The molecule has 1 fully saturated rings. The second-order valence-corrected chi connectivity index (χ2v) is 5.63. The van der Waals surface area contributed by atoms with Crippen LogP contribution in [0.4, 0.5) is 18.9 Å². The van der Waals surface area contributed by atoms with Gasteiger partial charge in [0.1, 0.15) is 0 Å². The van der Waals surface area contributed by atoms with E-state index in [1.165, 1.54) is 12.1 Å². The average molecular weight is 286 g/mol. The molecule has 1 aromatic carbocycles. The van der Waals surface area contributed by atoms with E-state index in [1.807, 2.05) is 11.8 Å². The number of hydrogen-bond acceptors (Lipinski definition) is 3. The van der Waals surface area contributed by atoms with E-state index < -0.39 is 11.7 Å². The number of benzene rings is 1. The number of halogens is 3. The fraction of sp³-hybridized carbons (Fsp3) is 0.462. The Bertz CT molecular complexity index is 488. The van der Waals surface area contributed by atoms with Crippen LogP contribution in [0.15, 0.2) is 18.2 Å². The van der Waals surface area contributed by atoms with E-state index in [0.717, 1.165) is 30.4 Å². The second-order valence-electron chi connectivity index (χ2n) is 4.40. The van der Waals surface area contributed by atoms with Crippen molar-refractivity contribution < 1.29 is 13.2 Å². The molecule has 0 aliphatic carbocycles. The molecule has 1 aliphatic rings. The fourth-order valence-corrected chi connectivity index (χ4v) is 3.15. The topological polar surface area (TPSA) is 35.8 Å². The number of anilines is 1. The largest absolute Gasteiger partial charge is 0.417 e. The zero-order valence-electron chi connectivity index (χ0n) is 10.1. The maximum absolute atomic E-state index is 12.8. The van der Waals surface area contributed by atoms with Crippen LogP contribution >= 0.6 is 11.8 Å². The Hall–Kier alpha value is -1.35. The van der Waals surface area contributed by atoms with Gasteiger partial charge in [0.15, 0.2) is 0 Å². The maximum atomic E-state index is 12.8. The number of thioether (sulfide) groups is 1. The van der Waals surface area contributed by atoms with Crippen molar-refractivity contribution in [3.63, 3.8) is 0 Å². The van der Waals surface area contributed by atoms with Crippen LogP contribution in [0.1, 0.15) is 24.0 Å². The summed E-state index contributed by atoms with van der Waals surface area (Å²) in [5.41, 5.74) is -0.773. The van der Waals surface area contributed by atoms with Crippen LogP contribution in [0.5, 0.6) is 0 Å². The third-order valence-electron chi connectivity index (χ3n) is 3.04. The lowest BCUT2D eigenvalue weighted by atomic mass is 10.1. The van der Waals surface area contributed by atoms with Crippen LogP contribution in [-0.4, -0.2) is 17.5 Å². The summed E-state index contributed by atoms with van der Waals surface area (Å²) >= 11 is 1.86. The van der Waals surface area contributed by atoms with Gasteiger partial charge in [-0.3, -0.25) is 0 Å². The minimum absolute atomic E-state index is 0.218. The van der Waals surface area contributed by atoms with Gasteiger partial charge in [-0.25, -0.2) is 0 Å². The zero-order chi connectivity index (χ0) is 13.9. The molecule has 1 aromatic rings. The minimum atomic E-state index is -4.49. The summed E-state index contributed by atoms with van der Waals surface area (Å²) < 4.78 is 38.4. The predicted molar refractivity (Wildman–Crippen MR) is 70.1 cm³/mol. The maximum Gasteiger partial charge on any atom is 0.417 e. The Morgan fingerprint density at radius 1 is 1.26 bits per heavy atom. The normalized spacial score (nSPS) is 16.9.